The standard InChI is InChI=1S/C24H24O4/c1-23(2,3)27-28-24(19-13-7-4-8-14-19,20-15-9-5-10-16-20)22(25)26-21-17-11-6-12-18-21/h4-18H,1-3H3. The van der Waals surface area contributed by atoms with Crippen LogP contribution in [0.1, 0.15) is 31.9 Å². The molecule has 0 N–H and O–H groups in total. The van der Waals surface area contributed by atoms with Crippen LogP contribution in [0.5, 0.6) is 5.75 Å². The van der Waals surface area contributed by atoms with Gasteiger partial charge in [0.1, 0.15) is 5.75 Å². The third kappa shape index (κ3) is 4.47. The minimum Gasteiger partial charge on any atom is -0.424 e. The minimum absolute atomic E-state index is 0.433. The highest BCUT2D eigenvalue weighted by atomic mass is 17.2. The van der Waals surface area contributed by atoms with Crippen molar-refractivity contribution in [1.29, 1.82) is 0 Å². The fourth-order valence-electron chi connectivity index (χ4n) is 2.73. The zero-order valence-electron chi connectivity index (χ0n) is 16.3. The van der Waals surface area contributed by atoms with E-state index in [-0.39, 0.29) is 0 Å². The zero-order chi connectivity index (χ0) is 20.0. The van der Waals surface area contributed by atoms with Gasteiger partial charge in [0.2, 0.25) is 0 Å². The summed E-state index contributed by atoms with van der Waals surface area (Å²) in [6.07, 6.45) is 0. The Hall–Kier alpha value is -2.95. The lowest BCUT2D eigenvalue weighted by Gasteiger charge is -2.33. The number of para-hydroxylation sites is 1. The van der Waals surface area contributed by atoms with E-state index in [1.165, 1.54) is 0 Å². The van der Waals surface area contributed by atoms with Crippen LogP contribution in [-0.2, 0) is 20.2 Å². The molecule has 0 aromatic heterocycles. The summed E-state index contributed by atoms with van der Waals surface area (Å²) in [6, 6.07) is 27.4. The van der Waals surface area contributed by atoms with Crippen LogP contribution in [0, 0.1) is 0 Å². The number of hydrogen-bond acceptors (Lipinski definition) is 4. The lowest BCUT2D eigenvalue weighted by Crippen LogP contribution is -2.44. The number of esters is 1. The Bertz CT molecular complexity index is 845. The van der Waals surface area contributed by atoms with Gasteiger partial charge in [0.05, 0.1) is 5.60 Å². The first-order valence-corrected chi connectivity index (χ1v) is 9.17. The largest absolute Gasteiger partial charge is 0.424 e. The van der Waals surface area contributed by atoms with Gasteiger partial charge < -0.3 is 4.74 Å². The van der Waals surface area contributed by atoms with Gasteiger partial charge in [0.25, 0.3) is 5.60 Å². The molecule has 0 bridgehead atoms. The Morgan fingerprint density at radius 1 is 0.643 bits per heavy atom. The van der Waals surface area contributed by atoms with Crippen molar-refractivity contribution in [2.24, 2.45) is 0 Å². The second kappa shape index (κ2) is 8.38. The van der Waals surface area contributed by atoms with E-state index in [1.807, 2.05) is 99.6 Å². The van der Waals surface area contributed by atoms with Crippen LogP contribution in [0.25, 0.3) is 0 Å². The van der Waals surface area contributed by atoms with E-state index >= 15 is 0 Å². The van der Waals surface area contributed by atoms with E-state index in [2.05, 4.69) is 0 Å². The third-order valence-electron chi connectivity index (χ3n) is 4.02. The Labute approximate surface area is 165 Å². The quantitative estimate of drug-likeness (QED) is 0.254. The van der Waals surface area contributed by atoms with Crippen molar-refractivity contribution < 1.29 is 19.3 Å². The molecule has 28 heavy (non-hydrogen) atoms. The SMILES string of the molecule is CC(C)(C)OOC(C(=O)Oc1ccccc1)(c1ccccc1)c1ccccc1. The van der Waals surface area contributed by atoms with Gasteiger partial charge in [0, 0.05) is 11.1 Å². The van der Waals surface area contributed by atoms with Gasteiger partial charge in [-0.15, -0.1) is 0 Å². The average Bonchev–Trinajstić information content (AvgIpc) is 2.70. The van der Waals surface area contributed by atoms with E-state index in [0.29, 0.717) is 16.9 Å². The Balaban J connectivity index is 2.13. The molecule has 0 radical (unpaired) electrons. The minimum atomic E-state index is -1.58. The molecule has 0 spiro atoms. The van der Waals surface area contributed by atoms with Crippen molar-refractivity contribution in [2.75, 3.05) is 0 Å². The molecule has 3 aromatic carbocycles. The van der Waals surface area contributed by atoms with E-state index in [1.54, 1.807) is 12.1 Å². The van der Waals surface area contributed by atoms with Crippen molar-refractivity contribution in [3.8, 4) is 5.75 Å². The van der Waals surface area contributed by atoms with Crippen LogP contribution in [0.2, 0.25) is 0 Å². The molecular weight excluding hydrogens is 352 g/mol. The van der Waals surface area contributed by atoms with Crippen LogP contribution >= 0.6 is 0 Å². The van der Waals surface area contributed by atoms with E-state index in [9.17, 15) is 4.79 Å². The monoisotopic (exact) mass is 376 g/mol. The van der Waals surface area contributed by atoms with E-state index < -0.39 is 17.2 Å². The van der Waals surface area contributed by atoms with Gasteiger partial charge in [-0.25, -0.2) is 14.6 Å². The van der Waals surface area contributed by atoms with Crippen LogP contribution in [0.3, 0.4) is 0 Å². The van der Waals surface area contributed by atoms with Crippen molar-refractivity contribution in [3.05, 3.63) is 102 Å². The Kier molecular flexibility index (Phi) is 5.93. The highest BCUT2D eigenvalue weighted by Crippen LogP contribution is 2.37. The Morgan fingerprint density at radius 2 is 1.07 bits per heavy atom. The van der Waals surface area contributed by atoms with Crippen molar-refractivity contribution in [2.45, 2.75) is 32.0 Å². The second-order valence-corrected chi connectivity index (χ2v) is 7.39. The van der Waals surface area contributed by atoms with Crippen LogP contribution < -0.4 is 4.74 Å². The van der Waals surface area contributed by atoms with Crippen LogP contribution in [-0.4, -0.2) is 11.6 Å². The molecule has 0 aliphatic rings. The zero-order valence-corrected chi connectivity index (χ0v) is 16.3. The molecule has 144 valence electrons. The van der Waals surface area contributed by atoms with E-state index in [4.69, 9.17) is 14.5 Å². The van der Waals surface area contributed by atoms with Gasteiger partial charge in [-0.05, 0) is 32.9 Å². The molecule has 0 saturated heterocycles. The maximum Gasteiger partial charge on any atom is 0.356 e. The molecule has 3 rings (SSSR count). The highest BCUT2D eigenvalue weighted by molar-refractivity contribution is 5.87. The molecule has 0 saturated carbocycles. The van der Waals surface area contributed by atoms with Crippen LogP contribution in [0.15, 0.2) is 91.0 Å². The summed E-state index contributed by atoms with van der Waals surface area (Å²) >= 11 is 0. The van der Waals surface area contributed by atoms with Gasteiger partial charge in [-0.1, -0.05) is 78.9 Å². The molecule has 0 aliphatic heterocycles. The number of benzene rings is 3. The average molecular weight is 376 g/mol. The highest BCUT2D eigenvalue weighted by Gasteiger charge is 2.48. The first-order chi connectivity index (χ1) is 13.4. The summed E-state index contributed by atoms with van der Waals surface area (Å²) < 4.78 is 5.71. The van der Waals surface area contributed by atoms with Crippen LogP contribution in [0.4, 0.5) is 0 Å². The molecule has 0 aliphatic carbocycles. The predicted molar refractivity (Wildman–Crippen MR) is 108 cm³/mol. The van der Waals surface area contributed by atoms with Crippen molar-refractivity contribution >= 4 is 5.97 Å². The first-order valence-electron chi connectivity index (χ1n) is 9.17. The fourth-order valence-corrected chi connectivity index (χ4v) is 2.73. The van der Waals surface area contributed by atoms with Gasteiger partial charge in [-0.2, -0.15) is 0 Å². The summed E-state index contributed by atoms with van der Waals surface area (Å²) in [7, 11) is 0. The van der Waals surface area contributed by atoms with Crippen molar-refractivity contribution in [3.63, 3.8) is 0 Å². The number of carbonyl (C=O) groups is 1. The van der Waals surface area contributed by atoms with E-state index in [0.717, 1.165) is 0 Å². The molecule has 3 aromatic rings. The molecule has 4 nitrogen and oxygen atoms in total. The normalized spacial score (nSPS) is 11.8. The number of rotatable bonds is 6. The molecule has 4 heteroatoms. The molecular formula is C24H24O4. The second-order valence-electron chi connectivity index (χ2n) is 7.39. The molecule has 0 unspecified atom stereocenters. The maximum atomic E-state index is 13.5. The molecule has 0 atom stereocenters. The van der Waals surface area contributed by atoms with Gasteiger partial charge in [-0.3, -0.25) is 0 Å². The summed E-state index contributed by atoms with van der Waals surface area (Å²) in [4.78, 5) is 25.1. The number of ether oxygens (including phenoxy) is 1. The third-order valence-corrected chi connectivity index (χ3v) is 4.02. The molecule has 0 heterocycles. The summed E-state index contributed by atoms with van der Waals surface area (Å²) in [6.45, 7) is 5.57. The van der Waals surface area contributed by atoms with Gasteiger partial charge in [0.15, 0.2) is 0 Å². The first kappa shape index (κ1) is 19.8. The Morgan fingerprint density at radius 3 is 1.50 bits per heavy atom. The number of hydrogen-bond donors (Lipinski definition) is 0. The fraction of sp³-hybridized carbons (Fsp3) is 0.208. The lowest BCUT2D eigenvalue weighted by molar-refractivity contribution is -0.391. The van der Waals surface area contributed by atoms with Crippen molar-refractivity contribution in [1.82, 2.24) is 0 Å². The number of carbonyl (C=O) groups excluding carboxylic acids is 1. The summed E-state index contributed by atoms with van der Waals surface area (Å²) in [5.74, 6) is -0.150. The molecule has 0 fully saturated rings. The summed E-state index contributed by atoms with van der Waals surface area (Å²) in [5, 5.41) is 0. The summed E-state index contributed by atoms with van der Waals surface area (Å²) in [5.41, 5.74) is -0.967. The smallest absolute Gasteiger partial charge is 0.356 e. The lowest BCUT2D eigenvalue weighted by atomic mass is 9.86. The molecule has 0 amide bonds. The predicted octanol–water partition coefficient (Wildman–Crippen LogP) is 5.28. The maximum absolute atomic E-state index is 13.5. The van der Waals surface area contributed by atoms with Gasteiger partial charge >= 0.3 is 5.97 Å². The topological polar surface area (TPSA) is 44.8 Å².